The van der Waals surface area contributed by atoms with Gasteiger partial charge in [-0.3, -0.25) is 4.79 Å². The van der Waals surface area contributed by atoms with Gasteiger partial charge >= 0.3 is 12.0 Å². The SMILES string of the molecule is Cc1ccccc1NC(=O)Nc1ccc(-c2cccn(CCc3ccc(C(=O)O)cc3)c2=O)cc1. The number of urea groups is 1. The van der Waals surface area contributed by atoms with E-state index in [4.69, 9.17) is 5.11 Å². The highest BCUT2D eigenvalue weighted by Gasteiger charge is 2.09. The lowest BCUT2D eigenvalue weighted by Crippen LogP contribution is -2.22. The zero-order valence-corrected chi connectivity index (χ0v) is 19.2. The van der Waals surface area contributed by atoms with E-state index in [0.717, 1.165) is 22.4 Å². The molecule has 176 valence electrons. The second kappa shape index (κ2) is 10.5. The van der Waals surface area contributed by atoms with Crippen LogP contribution in [0.25, 0.3) is 11.1 Å². The Bertz CT molecular complexity index is 1410. The summed E-state index contributed by atoms with van der Waals surface area (Å²) in [6, 6.07) is 24.6. The molecule has 0 atom stereocenters. The second-order valence-electron chi connectivity index (χ2n) is 8.14. The van der Waals surface area contributed by atoms with Crippen LogP contribution >= 0.6 is 0 Å². The third-order valence-corrected chi connectivity index (χ3v) is 5.71. The molecule has 7 heteroatoms. The van der Waals surface area contributed by atoms with Gasteiger partial charge in [0.1, 0.15) is 0 Å². The number of carbonyl (C=O) groups is 2. The van der Waals surface area contributed by atoms with Gasteiger partial charge in [-0.05, 0) is 72.5 Å². The van der Waals surface area contributed by atoms with Crippen LogP contribution in [0.4, 0.5) is 16.2 Å². The minimum atomic E-state index is -0.964. The summed E-state index contributed by atoms with van der Waals surface area (Å²) in [6.07, 6.45) is 2.34. The van der Waals surface area contributed by atoms with Crippen molar-refractivity contribution in [2.24, 2.45) is 0 Å². The average molecular weight is 468 g/mol. The van der Waals surface area contributed by atoms with E-state index in [2.05, 4.69) is 10.6 Å². The van der Waals surface area contributed by atoms with Crippen LogP contribution in [0, 0.1) is 6.92 Å². The van der Waals surface area contributed by atoms with Crippen molar-refractivity contribution < 1.29 is 14.7 Å². The number of benzene rings is 3. The first-order valence-electron chi connectivity index (χ1n) is 11.2. The fourth-order valence-electron chi connectivity index (χ4n) is 3.73. The fourth-order valence-corrected chi connectivity index (χ4v) is 3.73. The minimum absolute atomic E-state index is 0.118. The molecule has 3 aromatic carbocycles. The number of anilines is 2. The number of nitrogens with one attached hydrogen (secondary N) is 2. The Morgan fingerprint density at radius 2 is 1.57 bits per heavy atom. The van der Waals surface area contributed by atoms with Gasteiger partial charge in [-0.15, -0.1) is 0 Å². The van der Waals surface area contributed by atoms with Crippen LogP contribution in [0.15, 0.2) is 95.9 Å². The number of aromatic nitrogens is 1. The topological polar surface area (TPSA) is 100 Å². The summed E-state index contributed by atoms with van der Waals surface area (Å²) in [6.45, 7) is 2.39. The van der Waals surface area contributed by atoms with E-state index in [-0.39, 0.29) is 17.2 Å². The Morgan fingerprint density at radius 1 is 0.857 bits per heavy atom. The second-order valence-corrected chi connectivity index (χ2v) is 8.14. The van der Waals surface area contributed by atoms with Gasteiger partial charge in [-0.2, -0.15) is 0 Å². The number of rotatable bonds is 7. The number of hydrogen-bond acceptors (Lipinski definition) is 3. The molecule has 35 heavy (non-hydrogen) atoms. The van der Waals surface area contributed by atoms with Crippen LogP contribution in [0.3, 0.4) is 0 Å². The summed E-state index contributed by atoms with van der Waals surface area (Å²) in [5.41, 5.74) is 4.70. The van der Waals surface area contributed by atoms with Crippen LogP contribution in [0.2, 0.25) is 0 Å². The molecule has 7 nitrogen and oxygen atoms in total. The minimum Gasteiger partial charge on any atom is -0.478 e. The van der Waals surface area contributed by atoms with Crippen molar-refractivity contribution in [3.8, 4) is 11.1 Å². The van der Waals surface area contributed by atoms with Crippen LogP contribution in [0.5, 0.6) is 0 Å². The zero-order valence-electron chi connectivity index (χ0n) is 19.2. The molecule has 1 heterocycles. The number of aromatic carboxylic acids is 1. The van der Waals surface area contributed by atoms with Crippen LogP contribution in [-0.4, -0.2) is 21.7 Å². The first-order chi connectivity index (χ1) is 16.9. The molecular formula is C28H25N3O4. The summed E-state index contributed by atoms with van der Waals surface area (Å²) in [5, 5.41) is 14.6. The molecule has 0 saturated carbocycles. The van der Waals surface area contributed by atoms with Crippen molar-refractivity contribution in [2.45, 2.75) is 19.9 Å². The summed E-state index contributed by atoms with van der Waals surface area (Å²) >= 11 is 0. The molecule has 4 aromatic rings. The third kappa shape index (κ3) is 5.83. The van der Waals surface area contributed by atoms with Crippen LogP contribution in [0.1, 0.15) is 21.5 Å². The summed E-state index contributed by atoms with van der Waals surface area (Å²) in [5.74, 6) is -0.964. The van der Waals surface area contributed by atoms with E-state index >= 15 is 0 Å². The molecule has 0 unspecified atom stereocenters. The molecule has 0 aliphatic carbocycles. The molecule has 0 fully saturated rings. The average Bonchev–Trinajstić information content (AvgIpc) is 2.86. The molecule has 0 saturated heterocycles. The van der Waals surface area contributed by atoms with Crippen LogP contribution < -0.4 is 16.2 Å². The monoisotopic (exact) mass is 467 g/mol. The fraction of sp³-hybridized carbons (Fsp3) is 0.107. The van der Waals surface area contributed by atoms with Gasteiger partial charge in [0.15, 0.2) is 0 Å². The van der Waals surface area contributed by atoms with Crippen molar-refractivity contribution in [3.05, 3.63) is 118 Å². The Morgan fingerprint density at radius 3 is 2.26 bits per heavy atom. The molecule has 4 rings (SSSR count). The summed E-state index contributed by atoms with van der Waals surface area (Å²) in [7, 11) is 0. The standard InChI is InChI=1S/C28H25N3O4/c1-19-5-2-3-7-25(19)30-28(35)29-23-14-12-21(13-15-23)24-6-4-17-31(26(24)32)18-16-20-8-10-22(11-9-20)27(33)34/h2-15,17H,16,18H2,1H3,(H,33,34)(H2,29,30,35). The third-order valence-electron chi connectivity index (χ3n) is 5.71. The van der Waals surface area contributed by atoms with Gasteiger partial charge in [-0.25, -0.2) is 9.59 Å². The molecule has 0 aliphatic heterocycles. The number of amides is 2. The maximum Gasteiger partial charge on any atom is 0.335 e. The van der Waals surface area contributed by atoms with E-state index < -0.39 is 5.97 Å². The lowest BCUT2D eigenvalue weighted by Gasteiger charge is -2.11. The molecular weight excluding hydrogens is 442 g/mol. The largest absolute Gasteiger partial charge is 0.478 e. The molecule has 0 aliphatic rings. The van der Waals surface area contributed by atoms with Crippen molar-refractivity contribution in [2.75, 3.05) is 10.6 Å². The number of hydrogen-bond donors (Lipinski definition) is 3. The van der Waals surface area contributed by atoms with Gasteiger partial charge in [0.05, 0.1) is 5.56 Å². The lowest BCUT2D eigenvalue weighted by atomic mass is 10.1. The van der Waals surface area contributed by atoms with Crippen molar-refractivity contribution in [1.82, 2.24) is 4.57 Å². The Balaban J connectivity index is 1.42. The van der Waals surface area contributed by atoms with Gasteiger partial charge < -0.3 is 20.3 Å². The summed E-state index contributed by atoms with van der Waals surface area (Å²) in [4.78, 5) is 36.4. The van der Waals surface area contributed by atoms with E-state index in [1.807, 2.05) is 37.3 Å². The number of carboxylic acids is 1. The van der Waals surface area contributed by atoms with E-state index in [0.29, 0.717) is 24.2 Å². The molecule has 0 spiro atoms. The molecule has 1 aromatic heterocycles. The van der Waals surface area contributed by atoms with Gasteiger partial charge in [0, 0.05) is 29.7 Å². The first kappa shape index (κ1) is 23.5. The first-order valence-corrected chi connectivity index (χ1v) is 11.2. The predicted molar refractivity (Wildman–Crippen MR) is 137 cm³/mol. The number of para-hydroxylation sites is 1. The quantitative estimate of drug-likeness (QED) is 0.338. The normalized spacial score (nSPS) is 10.5. The highest BCUT2D eigenvalue weighted by molar-refractivity contribution is 6.00. The molecule has 2 amide bonds. The summed E-state index contributed by atoms with van der Waals surface area (Å²) < 4.78 is 1.64. The van der Waals surface area contributed by atoms with Crippen LogP contribution in [-0.2, 0) is 13.0 Å². The van der Waals surface area contributed by atoms with Gasteiger partial charge in [-0.1, -0.05) is 42.5 Å². The van der Waals surface area contributed by atoms with E-state index in [1.54, 1.807) is 65.4 Å². The molecule has 0 bridgehead atoms. The number of pyridine rings is 1. The van der Waals surface area contributed by atoms with Crippen molar-refractivity contribution in [1.29, 1.82) is 0 Å². The lowest BCUT2D eigenvalue weighted by molar-refractivity contribution is 0.0697. The Hall–Kier alpha value is -4.65. The molecule has 0 radical (unpaired) electrons. The van der Waals surface area contributed by atoms with E-state index in [9.17, 15) is 14.4 Å². The van der Waals surface area contributed by atoms with Crippen molar-refractivity contribution >= 4 is 23.4 Å². The number of aryl methyl sites for hydroxylation is 3. The Labute approximate surface area is 202 Å². The highest BCUT2D eigenvalue weighted by Crippen LogP contribution is 2.19. The molecule has 3 N–H and O–H groups in total. The van der Waals surface area contributed by atoms with Gasteiger partial charge in [0.2, 0.25) is 0 Å². The highest BCUT2D eigenvalue weighted by atomic mass is 16.4. The zero-order chi connectivity index (χ0) is 24.8. The Kier molecular flexibility index (Phi) is 7.07. The van der Waals surface area contributed by atoms with Crippen molar-refractivity contribution in [3.63, 3.8) is 0 Å². The number of carboxylic acid groups (broad SMARTS) is 1. The van der Waals surface area contributed by atoms with E-state index in [1.165, 1.54) is 0 Å². The predicted octanol–water partition coefficient (Wildman–Crippen LogP) is 5.41. The smallest absolute Gasteiger partial charge is 0.335 e. The number of nitrogens with zero attached hydrogens (tertiary/aromatic N) is 1. The maximum absolute atomic E-state index is 13.0. The number of carbonyl (C=O) groups excluding carboxylic acids is 1. The maximum atomic E-state index is 13.0. The van der Waals surface area contributed by atoms with Gasteiger partial charge in [0.25, 0.3) is 5.56 Å².